The van der Waals surface area contributed by atoms with Gasteiger partial charge in [0.15, 0.2) is 0 Å². The van der Waals surface area contributed by atoms with Crippen molar-refractivity contribution in [3.63, 3.8) is 0 Å². The highest BCUT2D eigenvalue weighted by molar-refractivity contribution is 7.90. The summed E-state index contributed by atoms with van der Waals surface area (Å²) in [6, 6.07) is 20.2. The van der Waals surface area contributed by atoms with E-state index in [2.05, 4.69) is 5.32 Å². The highest BCUT2D eigenvalue weighted by atomic mass is 32.2. The van der Waals surface area contributed by atoms with Crippen molar-refractivity contribution in [3.05, 3.63) is 101 Å². The first kappa shape index (κ1) is 29.9. The number of sulfonamides is 1. The molecule has 8 nitrogen and oxygen atoms in total. The Morgan fingerprint density at radius 3 is 2.24 bits per heavy atom. The summed E-state index contributed by atoms with van der Waals surface area (Å²) in [5.74, 6) is -1.53. The van der Waals surface area contributed by atoms with Gasteiger partial charge in [-0.25, -0.2) is 17.1 Å². The zero-order valence-corrected chi connectivity index (χ0v) is 23.9. The molecule has 1 atom stereocenters. The van der Waals surface area contributed by atoms with E-state index in [-0.39, 0.29) is 60.5 Å². The van der Waals surface area contributed by atoms with Gasteiger partial charge in [-0.2, -0.15) is 0 Å². The Hall–Kier alpha value is -4.05. The fraction of sp³-hybridized carbons (Fsp3) is 0.323. The average molecular weight is 580 g/mol. The summed E-state index contributed by atoms with van der Waals surface area (Å²) in [5.41, 5.74) is 1.62. The number of amides is 3. The van der Waals surface area contributed by atoms with Crippen molar-refractivity contribution < 1.29 is 27.2 Å². The maximum absolute atomic E-state index is 13.7. The van der Waals surface area contributed by atoms with Gasteiger partial charge in [0.25, 0.3) is 15.9 Å². The van der Waals surface area contributed by atoms with Gasteiger partial charge >= 0.3 is 0 Å². The van der Waals surface area contributed by atoms with Gasteiger partial charge in [0.05, 0.1) is 5.56 Å². The number of fused-ring (bicyclic) bond motifs is 1. The molecule has 216 valence electrons. The largest absolute Gasteiger partial charge is 0.354 e. The molecule has 3 aromatic rings. The topological polar surface area (TPSA) is 104 Å². The molecule has 0 bridgehead atoms. The van der Waals surface area contributed by atoms with E-state index in [1.54, 1.807) is 24.3 Å². The van der Waals surface area contributed by atoms with Crippen molar-refractivity contribution in [2.24, 2.45) is 5.92 Å². The molecular weight excluding hydrogens is 545 g/mol. The molecule has 0 spiro atoms. The van der Waals surface area contributed by atoms with E-state index in [1.165, 1.54) is 29.2 Å². The number of nitrogens with zero attached hydrogens (tertiary/aromatic N) is 2. The Morgan fingerprint density at radius 1 is 0.927 bits per heavy atom. The molecule has 1 aliphatic heterocycles. The van der Waals surface area contributed by atoms with Gasteiger partial charge in [0, 0.05) is 32.5 Å². The molecule has 1 unspecified atom stereocenters. The number of carbonyl (C=O) groups is 3. The van der Waals surface area contributed by atoms with E-state index in [1.807, 2.05) is 44.2 Å². The molecule has 1 aliphatic rings. The van der Waals surface area contributed by atoms with Crippen LogP contribution in [0.2, 0.25) is 0 Å². The predicted octanol–water partition coefficient (Wildman–Crippen LogP) is 4.16. The lowest BCUT2D eigenvalue weighted by Gasteiger charge is -2.32. The van der Waals surface area contributed by atoms with Crippen LogP contribution in [0.1, 0.15) is 48.2 Å². The maximum Gasteiger partial charge on any atom is 0.269 e. The number of benzene rings is 3. The van der Waals surface area contributed by atoms with E-state index >= 15 is 0 Å². The minimum atomic E-state index is -3.99. The summed E-state index contributed by atoms with van der Waals surface area (Å²) in [7, 11) is -3.99. The van der Waals surface area contributed by atoms with Crippen LogP contribution in [-0.2, 0) is 32.6 Å². The van der Waals surface area contributed by atoms with E-state index < -0.39 is 27.8 Å². The number of hydrogen-bond acceptors (Lipinski definition) is 5. The molecule has 0 aromatic heterocycles. The van der Waals surface area contributed by atoms with E-state index in [0.717, 1.165) is 9.87 Å². The molecule has 41 heavy (non-hydrogen) atoms. The smallest absolute Gasteiger partial charge is 0.269 e. The molecule has 0 radical (unpaired) electrons. The Bertz CT molecular complexity index is 1490. The van der Waals surface area contributed by atoms with Crippen molar-refractivity contribution in [1.82, 2.24) is 14.5 Å². The monoisotopic (exact) mass is 579 g/mol. The van der Waals surface area contributed by atoms with E-state index in [0.29, 0.717) is 12.1 Å². The summed E-state index contributed by atoms with van der Waals surface area (Å²) < 4.78 is 40.3. The number of carbonyl (C=O) groups excluding carboxylic acids is 3. The first-order chi connectivity index (χ1) is 19.6. The lowest BCUT2D eigenvalue weighted by molar-refractivity contribution is -0.141. The summed E-state index contributed by atoms with van der Waals surface area (Å²) in [4.78, 5) is 41.4. The van der Waals surface area contributed by atoms with Crippen LogP contribution in [0, 0.1) is 11.7 Å². The minimum Gasteiger partial charge on any atom is -0.354 e. The van der Waals surface area contributed by atoms with Gasteiger partial charge in [-0.15, -0.1) is 0 Å². The number of nitrogens with one attached hydrogen (secondary N) is 1. The molecule has 3 amide bonds. The standard InChI is InChI=1S/C31H34FN3O5S/c1-22(2)20-33-30(37)27(19-23-9-4-3-5-10-23)34(21-24-14-16-25(32)17-15-24)29(36)13-8-18-35-31(38)26-11-6-7-12-28(26)41(35,39)40/h3-7,9-12,14-17,22,27H,8,13,18-21H2,1-2H3,(H,33,37). The molecular formula is C31H34FN3O5S. The molecule has 1 heterocycles. The molecule has 0 fully saturated rings. The van der Waals surface area contributed by atoms with Crippen LogP contribution < -0.4 is 5.32 Å². The van der Waals surface area contributed by atoms with Crippen molar-refractivity contribution >= 4 is 27.7 Å². The van der Waals surface area contributed by atoms with Crippen LogP contribution in [0.3, 0.4) is 0 Å². The highest BCUT2D eigenvalue weighted by Crippen LogP contribution is 2.30. The first-order valence-corrected chi connectivity index (χ1v) is 15.0. The van der Waals surface area contributed by atoms with Gasteiger partial charge in [-0.05, 0) is 47.7 Å². The molecule has 10 heteroatoms. The van der Waals surface area contributed by atoms with Crippen molar-refractivity contribution in [2.45, 2.75) is 50.6 Å². The number of halogens is 1. The van der Waals surface area contributed by atoms with Crippen molar-refractivity contribution in [1.29, 1.82) is 0 Å². The summed E-state index contributed by atoms with van der Waals surface area (Å²) >= 11 is 0. The van der Waals surface area contributed by atoms with Crippen LogP contribution >= 0.6 is 0 Å². The zero-order chi connectivity index (χ0) is 29.6. The van der Waals surface area contributed by atoms with Crippen LogP contribution in [0.5, 0.6) is 0 Å². The average Bonchev–Trinajstić information content (AvgIpc) is 3.15. The van der Waals surface area contributed by atoms with Crippen LogP contribution in [0.25, 0.3) is 0 Å². The third-order valence-corrected chi connectivity index (χ3v) is 8.73. The van der Waals surface area contributed by atoms with Crippen LogP contribution in [-0.4, -0.2) is 54.5 Å². The van der Waals surface area contributed by atoms with E-state index in [9.17, 15) is 27.2 Å². The Kier molecular flexibility index (Phi) is 9.54. The third-order valence-electron chi connectivity index (χ3n) is 6.89. The second-order valence-corrected chi connectivity index (χ2v) is 12.3. The molecule has 0 saturated heterocycles. The normalized spacial score (nSPS) is 14.5. The van der Waals surface area contributed by atoms with Crippen LogP contribution in [0.15, 0.2) is 83.8 Å². The van der Waals surface area contributed by atoms with Gasteiger partial charge in [-0.1, -0.05) is 68.4 Å². The zero-order valence-electron chi connectivity index (χ0n) is 23.1. The van der Waals surface area contributed by atoms with E-state index in [4.69, 9.17) is 0 Å². The molecule has 0 saturated carbocycles. The number of rotatable bonds is 12. The van der Waals surface area contributed by atoms with Gasteiger partial charge in [-0.3, -0.25) is 14.4 Å². The second-order valence-electron chi connectivity index (χ2n) is 10.5. The van der Waals surface area contributed by atoms with Gasteiger partial charge in [0.1, 0.15) is 16.8 Å². The fourth-order valence-corrected chi connectivity index (χ4v) is 6.34. The lowest BCUT2D eigenvalue weighted by Crippen LogP contribution is -2.51. The molecule has 3 aromatic carbocycles. The fourth-order valence-electron chi connectivity index (χ4n) is 4.73. The third kappa shape index (κ3) is 7.18. The Morgan fingerprint density at radius 2 is 1.59 bits per heavy atom. The Labute approximate surface area is 240 Å². The van der Waals surface area contributed by atoms with Gasteiger partial charge in [0.2, 0.25) is 11.8 Å². The maximum atomic E-state index is 13.7. The summed E-state index contributed by atoms with van der Waals surface area (Å²) in [6.07, 6.45) is 0.231. The number of hydrogen-bond donors (Lipinski definition) is 1. The highest BCUT2D eigenvalue weighted by Gasteiger charge is 2.40. The molecule has 0 aliphatic carbocycles. The minimum absolute atomic E-state index is 0.0426. The summed E-state index contributed by atoms with van der Waals surface area (Å²) in [6.45, 7) is 4.25. The first-order valence-electron chi connectivity index (χ1n) is 13.6. The second kappa shape index (κ2) is 13.1. The SMILES string of the molecule is CC(C)CNC(=O)C(Cc1ccccc1)N(Cc1ccc(F)cc1)C(=O)CCCN1C(=O)c2ccccc2S1(=O)=O. The predicted molar refractivity (Wildman–Crippen MR) is 153 cm³/mol. The molecule has 1 N–H and O–H groups in total. The lowest BCUT2D eigenvalue weighted by atomic mass is 10.0. The van der Waals surface area contributed by atoms with Gasteiger partial charge < -0.3 is 10.2 Å². The molecule has 4 rings (SSSR count). The summed E-state index contributed by atoms with van der Waals surface area (Å²) in [5, 5.41) is 2.94. The quantitative estimate of drug-likeness (QED) is 0.347. The van der Waals surface area contributed by atoms with Crippen molar-refractivity contribution in [3.8, 4) is 0 Å². The van der Waals surface area contributed by atoms with Crippen LogP contribution in [0.4, 0.5) is 4.39 Å². The van der Waals surface area contributed by atoms with Crippen molar-refractivity contribution in [2.75, 3.05) is 13.1 Å². The Balaban J connectivity index is 1.56.